The van der Waals surface area contributed by atoms with Crippen molar-refractivity contribution in [1.82, 2.24) is 0 Å². The second-order valence-corrected chi connectivity index (χ2v) is 5.10. The van der Waals surface area contributed by atoms with E-state index in [1.54, 1.807) is 21.1 Å². The van der Waals surface area contributed by atoms with Crippen LogP contribution in [-0.4, -0.2) is 25.7 Å². The molecule has 0 aliphatic rings. The van der Waals surface area contributed by atoms with E-state index in [1.165, 1.54) is 0 Å². The molecule has 0 bridgehead atoms. The molecule has 0 fully saturated rings. The lowest BCUT2D eigenvalue weighted by atomic mass is 10.0. The normalized spacial score (nSPS) is 13.7. The molecule has 2 aromatic carbocycles. The number of carbonyl (C=O) groups is 1. The first-order valence-corrected chi connectivity index (χ1v) is 6.98. The van der Waals surface area contributed by atoms with E-state index >= 15 is 0 Å². The third-order valence-corrected chi connectivity index (χ3v) is 3.96. The Bertz CT molecular complexity index is 648. The second kappa shape index (κ2) is 6.14. The topological polar surface area (TPSA) is 47.6 Å². The van der Waals surface area contributed by atoms with E-state index in [4.69, 9.17) is 9.47 Å². The van der Waals surface area contributed by atoms with Crippen LogP contribution in [0.3, 0.4) is 0 Å². The smallest absolute Gasteiger partial charge is 0.256 e. The number of nitrogens with one attached hydrogen (secondary N) is 1. The van der Waals surface area contributed by atoms with Crippen LogP contribution in [-0.2, 0) is 9.53 Å². The van der Waals surface area contributed by atoms with E-state index < -0.39 is 5.60 Å². The first kappa shape index (κ1) is 15.3. The summed E-state index contributed by atoms with van der Waals surface area (Å²) in [4.78, 5) is 12.4. The Kier molecular flexibility index (Phi) is 4.48. The van der Waals surface area contributed by atoms with Gasteiger partial charge in [0.1, 0.15) is 11.4 Å². The molecule has 2 aromatic rings. The van der Waals surface area contributed by atoms with Gasteiger partial charge in [0.25, 0.3) is 5.91 Å². The summed E-state index contributed by atoms with van der Waals surface area (Å²) in [7, 11) is 3.19. The standard InChI is InChI=1S/C17H21NO3/c1-5-17(2,21-4)16(19)18-14-10-11-15(20-3)13-9-7-6-8-12(13)14/h6-11H,5H2,1-4H3,(H,18,19)/t17-/m0/s1. The average molecular weight is 287 g/mol. The van der Waals surface area contributed by atoms with E-state index in [1.807, 2.05) is 43.3 Å². The van der Waals surface area contributed by atoms with Crippen molar-refractivity contribution in [2.45, 2.75) is 25.9 Å². The maximum absolute atomic E-state index is 12.4. The number of hydrogen-bond donors (Lipinski definition) is 1. The van der Waals surface area contributed by atoms with Crippen LogP contribution in [0.5, 0.6) is 5.75 Å². The van der Waals surface area contributed by atoms with Gasteiger partial charge in [-0.15, -0.1) is 0 Å². The number of anilines is 1. The monoisotopic (exact) mass is 287 g/mol. The first-order chi connectivity index (χ1) is 10.1. The lowest BCUT2D eigenvalue weighted by molar-refractivity contribution is -0.136. The highest BCUT2D eigenvalue weighted by atomic mass is 16.5. The molecule has 1 amide bonds. The fraction of sp³-hybridized carbons (Fsp3) is 0.353. The minimum absolute atomic E-state index is 0.150. The maximum atomic E-state index is 12.4. The Morgan fingerprint density at radius 1 is 1.14 bits per heavy atom. The minimum Gasteiger partial charge on any atom is -0.496 e. The molecule has 4 nitrogen and oxygen atoms in total. The van der Waals surface area contributed by atoms with Gasteiger partial charge in [0.2, 0.25) is 0 Å². The largest absolute Gasteiger partial charge is 0.496 e. The number of carbonyl (C=O) groups excluding carboxylic acids is 1. The van der Waals surface area contributed by atoms with Crippen LogP contribution < -0.4 is 10.1 Å². The van der Waals surface area contributed by atoms with Gasteiger partial charge in [-0.25, -0.2) is 0 Å². The Balaban J connectivity index is 2.42. The molecule has 0 aliphatic carbocycles. The zero-order valence-corrected chi connectivity index (χ0v) is 12.9. The number of amides is 1. The number of methoxy groups -OCH3 is 2. The van der Waals surface area contributed by atoms with Crippen LogP contribution in [0, 0.1) is 0 Å². The zero-order valence-electron chi connectivity index (χ0n) is 12.9. The Labute approximate surface area is 125 Å². The molecule has 112 valence electrons. The van der Waals surface area contributed by atoms with Gasteiger partial charge in [-0.2, -0.15) is 0 Å². The van der Waals surface area contributed by atoms with Crippen LogP contribution in [0.2, 0.25) is 0 Å². The van der Waals surface area contributed by atoms with E-state index in [9.17, 15) is 4.79 Å². The zero-order chi connectivity index (χ0) is 15.5. The van der Waals surface area contributed by atoms with Crippen molar-refractivity contribution in [1.29, 1.82) is 0 Å². The van der Waals surface area contributed by atoms with Crippen LogP contribution >= 0.6 is 0 Å². The Morgan fingerprint density at radius 3 is 2.38 bits per heavy atom. The molecule has 1 N–H and O–H groups in total. The average Bonchev–Trinajstić information content (AvgIpc) is 2.54. The summed E-state index contributed by atoms with van der Waals surface area (Å²) in [6.07, 6.45) is 0.601. The number of fused-ring (bicyclic) bond motifs is 1. The lowest BCUT2D eigenvalue weighted by Gasteiger charge is -2.25. The SMILES string of the molecule is CC[C@](C)(OC)C(=O)Nc1ccc(OC)c2ccccc12. The van der Waals surface area contributed by atoms with Gasteiger partial charge in [0.05, 0.1) is 7.11 Å². The van der Waals surface area contributed by atoms with E-state index in [-0.39, 0.29) is 5.91 Å². The van der Waals surface area contributed by atoms with Crippen molar-refractivity contribution in [3.8, 4) is 5.75 Å². The summed E-state index contributed by atoms with van der Waals surface area (Å²) >= 11 is 0. The number of benzene rings is 2. The Hall–Kier alpha value is -2.07. The van der Waals surface area contributed by atoms with Crippen molar-refractivity contribution in [2.24, 2.45) is 0 Å². The highest BCUT2D eigenvalue weighted by Crippen LogP contribution is 2.32. The number of rotatable bonds is 5. The van der Waals surface area contributed by atoms with Gasteiger partial charge in [0, 0.05) is 23.6 Å². The van der Waals surface area contributed by atoms with Crippen LogP contribution in [0.1, 0.15) is 20.3 Å². The highest BCUT2D eigenvalue weighted by Gasteiger charge is 2.31. The van der Waals surface area contributed by atoms with E-state index in [0.717, 1.165) is 22.2 Å². The van der Waals surface area contributed by atoms with Crippen LogP contribution in [0.4, 0.5) is 5.69 Å². The van der Waals surface area contributed by atoms with Gasteiger partial charge < -0.3 is 14.8 Å². The van der Waals surface area contributed by atoms with Gasteiger partial charge in [-0.1, -0.05) is 31.2 Å². The maximum Gasteiger partial charge on any atom is 0.256 e. The fourth-order valence-corrected chi connectivity index (χ4v) is 2.21. The van der Waals surface area contributed by atoms with Crippen molar-refractivity contribution >= 4 is 22.4 Å². The fourth-order valence-electron chi connectivity index (χ4n) is 2.21. The van der Waals surface area contributed by atoms with E-state index in [0.29, 0.717) is 6.42 Å². The van der Waals surface area contributed by atoms with Gasteiger partial charge >= 0.3 is 0 Å². The van der Waals surface area contributed by atoms with Gasteiger partial charge in [-0.3, -0.25) is 4.79 Å². The predicted molar refractivity (Wildman–Crippen MR) is 84.8 cm³/mol. The van der Waals surface area contributed by atoms with Crippen LogP contribution in [0.25, 0.3) is 10.8 Å². The Morgan fingerprint density at radius 2 is 1.81 bits per heavy atom. The van der Waals surface area contributed by atoms with Crippen LogP contribution in [0.15, 0.2) is 36.4 Å². The molecule has 0 heterocycles. The molecule has 1 atom stereocenters. The second-order valence-electron chi connectivity index (χ2n) is 5.10. The third kappa shape index (κ3) is 2.85. The molecule has 0 unspecified atom stereocenters. The summed E-state index contributed by atoms with van der Waals surface area (Å²) in [5.41, 5.74) is -0.0748. The third-order valence-electron chi connectivity index (χ3n) is 3.96. The molecule has 0 aliphatic heterocycles. The predicted octanol–water partition coefficient (Wildman–Crippen LogP) is 3.60. The molecule has 2 rings (SSSR count). The summed E-state index contributed by atoms with van der Waals surface area (Å²) < 4.78 is 10.7. The minimum atomic E-state index is -0.832. The summed E-state index contributed by atoms with van der Waals surface area (Å²) in [5, 5.41) is 4.87. The van der Waals surface area contributed by atoms with Gasteiger partial charge in [-0.05, 0) is 25.5 Å². The van der Waals surface area contributed by atoms with E-state index in [2.05, 4.69) is 5.32 Å². The first-order valence-electron chi connectivity index (χ1n) is 6.98. The molecule has 0 spiro atoms. The van der Waals surface area contributed by atoms with Crippen molar-refractivity contribution in [2.75, 3.05) is 19.5 Å². The molecular weight excluding hydrogens is 266 g/mol. The summed E-state index contributed by atoms with van der Waals surface area (Å²) in [5.74, 6) is 0.636. The summed E-state index contributed by atoms with van der Waals surface area (Å²) in [6, 6.07) is 11.5. The van der Waals surface area contributed by atoms with Gasteiger partial charge in [0.15, 0.2) is 0 Å². The number of ether oxygens (including phenoxy) is 2. The van der Waals surface area contributed by atoms with Crippen molar-refractivity contribution < 1.29 is 14.3 Å². The molecule has 0 aromatic heterocycles. The molecule has 0 saturated heterocycles. The van der Waals surface area contributed by atoms with Crippen molar-refractivity contribution in [3.05, 3.63) is 36.4 Å². The molecule has 0 radical (unpaired) electrons. The molecular formula is C17H21NO3. The summed E-state index contributed by atoms with van der Waals surface area (Å²) in [6.45, 7) is 3.71. The lowest BCUT2D eigenvalue weighted by Crippen LogP contribution is -2.41. The quantitative estimate of drug-likeness (QED) is 0.914. The number of hydrogen-bond acceptors (Lipinski definition) is 3. The highest BCUT2D eigenvalue weighted by molar-refractivity contribution is 6.06. The molecule has 4 heteroatoms. The molecule has 21 heavy (non-hydrogen) atoms. The van der Waals surface area contributed by atoms with Crippen molar-refractivity contribution in [3.63, 3.8) is 0 Å². The molecule has 0 saturated carbocycles.